The van der Waals surface area contributed by atoms with Gasteiger partial charge < -0.3 is 10.0 Å². The van der Waals surface area contributed by atoms with E-state index in [2.05, 4.69) is 26.0 Å². The summed E-state index contributed by atoms with van der Waals surface area (Å²) < 4.78 is 29.0. The lowest BCUT2D eigenvalue weighted by atomic mass is 9.97. The summed E-state index contributed by atoms with van der Waals surface area (Å²) >= 11 is 0. The van der Waals surface area contributed by atoms with Gasteiger partial charge in [-0.15, -0.1) is 0 Å². The zero-order valence-corrected chi connectivity index (χ0v) is 20.3. The molecule has 4 aromatic rings. The summed E-state index contributed by atoms with van der Waals surface area (Å²) in [4.78, 5) is 23.1. The van der Waals surface area contributed by atoms with E-state index in [1.165, 1.54) is 16.8 Å². The van der Waals surface area contributed by atoms with Crippen LogP contribution in [-0.2, 0) is 0 Å². The SMILES string of the molecule is CC(C)c1nn(-c2ccc(F)c(F)c2)c2nc(C(=O)O)cc(-c3ccc(N4CCC(C#N)CC4)nc3)c12. The second kappa shape index (κ2) is 9.58. The Labute approximate surface area is 211 Å². The average molecular weight is 503 g/mol. The van der Waals surface area contributed by atoms with Gasteiger partial charge in [0.15, 0.2) is 23.0 Å². The van der Waals surface area contributed by atoms with Crippen molar-refractivity contribution >= 4 is 22.8 Å². The lowest BCUT2D eigenvalue weighted by Gasteiger charge is -2.30. The summed E-state index contributed by atoms with van der Waals surface area (Å²) in [6.45, 7) is 5.37. The highest BCUT2D eigenvalue weighted by Gasteiger charge is 2.24. The quantitative estimate of drug-likeness (QED) is 0.393. The minimum atomic E-state index is -1.22. The van der Waals surface area contributed by atoms with Gasteiger partial charge >= 0.3 is 5.97 Å². The van der Waals surface area contributed by atoms with Crippen LogP contribution in [0.3, 0.4) is 0 Å². The van der Waals surface area contributed by atoms with Crippen molar-refractivity contribution in [3.05, 3.63) is 65.6 Å². The first-order valence-electron chi connectivity index (χ1n) is 12.0. The Morgan fingerprint density at radius 2 is 1.89 bits per heavy atom. The maximum Gasteiger partial charge on any atom is 0.354 e. The van der Waals surface area contributed by atoms with Crippen LogP contribution in [0.5, 0.6) is 0 Å². The van der Waals surface area contributed by atoms with Crippen LogP contribution >= 0.6 is 0 Å². The van der Waals surface area contributed by atoms with Gasteiger partial charge in [0.1, 0.15) is 5.82 Å². The largest absolute Gasteiger partial charge is 0.477 e. The number of nitrogens with zero attached hydrogens (tertiary/aromatic N) is 6. The van der Waals surface area contributed by atoms with Gasteiger partial charge in [-0.2, -0.15) is 10.4 Å². The fourth-order valence-electron chi connectivity index (χ4n) is 4.65. The summed E-state index contributed by atoms with van der Waals surface area (Å²) in [5, 5.41) is 24.2. The molecule has 1 aliphatic rings. The number of anilines is 1. The number of piperidine rings is 1. The van der Waals surface area contributed by atoms with E-state index in [0.29, 0.717) is 22.2 Å². The van der Waals surface area contributed by atoms with Crippen LogP contribution < -0.4 is 4.90 Å². The highest BCUT2D eigenvalue weighted by Crippen LogP contribution is 2.36. The monoisotopic (exact) mass is 502 g/mol. The Morgan fingerprint density at radius 1 is 1.14 bits per heavy atom. The van der Waals surface area contributed by atoms with E-state index in [0.717, 1.165) is 43.9 Å². The van der Waals surface area contributed by atoms with E-state index in [1.807, 2.05) is 26.0 Å². The van der Waals surface area contributed by atoms with E-state index in [4.69, 9.17) is 5.26 Å². The van der Waals surface area contributed by atoms with Gasteiger partial charge in [-0.05, 0) is 54.7 Å². The molecule has 37 heavy (non-hydrogen) atoms. The molecule has 3 aromatic heterocycles. The smallest absolute Gasteiger partial charge is 0.354 e. The van der Waals surface area contributed by atoms with Crippen LogP contribution in [0.2, 0.25) is 0 Å². The van der Waals surface area contributed by atoms with Crippen LogP contribution in [0.15, 0.2) is 42.6 Å². The van der Waals surface area contributed by atoms with Gasteiger partial charge in [-0.3, -0.25) is 0 Å². The molecular weight excluding hydrogens is 478 g/mol. The molecule has 188 valence electrons. The molecular formula is C27H24F2N6O2. The van der Waals surface area contributed by atoms with Gasteiger partial charge in [0.2, 0.25) is 0 Å². The summed E-state index contributed by atoms with van der Waals surface area (Å²) in [6.07, 6.45) is 3.26. The second-order valence-electron chi connectivity index (χ2n) is 9.40. The number of carbonyl (C=O) groups is 1. The Bertz CT molecular complexity index is 1530. The summed E-state index contributed by atoms with van der Waals surface area (Å²) in [6, 6.07) is 10.9. The van der Waals surface area contributed by atoms with E-state index in [9.17, 15) is 18.7 Å². The summed E-state index contributed by atoms with van der Waals surface area (Å²) in [5.41, 5.74) is 2.16. The van der Waals surface area contributed by atoms with Gasteiger partial charge in [0.25, 0.3) is 0 Å². The first-order chi connectivity index (χ1) is 17.8. The molecule has 5 rings (SSSR count). The third-order valence-corrected chi connectivity index (χ3v) is 6.64. The molecule has 0 saturated carbocycles. The molecule has 0 aliphatic carbocycles. The molecule has 1 aromatic carbocycles. The molecule has 0 bridgehead atoms. The fraction of sp³-hybridized carbons (Fsp3) is 0.296. The first-order valence-corrected chi connectivity index (χ1v) is 12.0. The number of halogens is 2. The van der Waals surface area contributed by atoms with Crippen molar-refractivity contribution in [3.63, 3.8) is 0 Å². The number of aromatic nitrogens is 4. The maximum atomic E-state index is 14.1. The zero-order chi connectivity index (χ0) is 26.3. The highest BCUT2D eigenvalue weighted by atomic mass is 19.2. The molecule has 0 unspecified atom stereocenters. The van der Waals surface area contributed by atoms with E-state index in [1.54, 1.807) is 6.20 Å². The van der Waals surface area contributed by atoms with E-state index < -0.39 is 17.6 Å². The number of rotatable bonds is 5. The molecule has 1 fully saturated rings. The lowest BCUT2D eigenvalue weighted by molar-refractivity contribution is 0.0691. The van der Waals surface area contributed by atoms with E-state index >= 15 is 0 Å². The molecule has 0 spiro atoms. The highest BCUT2D eigenvalue weighted by molar-refractivity contribution is 6.00. The number of aromatic carboxylic acids is 1. The Kier molecular flexibility index (Phi) is 6.29. The van der Waals surface area contributed by atoms with Crippen LogP contribution in [-0.4, -0.2) is 43.9 Å². The van der Waals surface area contributed by atoms with Crippen LogP contribution in [0, 0.1) is 28.9 Å². The van der Waals surface area contributed by atoms with Crippen molar-refractivity contribution in [3.8, 4) is 22.9 Å². The maximum absolute atomic E-state index is 14.1. The minimum absolute atomic E-state index is 0.0654. The van der Waals surface area contributed by atoms with Gasteiger partial charge in [-0.1, -0.05) is 13.8 Å². The van der Waals surface area contributed by atoms with Crippen LogP contribution in [0.25, 0.3) is 27.8 Å². The number of pyridine rings is 2. The number of hydrogen-bond donors (Lipinski definition) is 1. The van der Waals surface area contributed by atoms with Crippen molar-refractivity contribution < 1.29 is 18.7 Å². The van der Waals surface area contributed by atoms with Crippen LogP contribution in [0.4, 0.5) is 14.6 Å². The molecule has 1 aliphatic heterocycles. The molecule has 0 radical (unpaired) electrons. The topological polar surface area (TPSA) is 108 Å². The number of benzene rings is 1. The third-order valence-electron chi connectivity index (χ3n) is 6.64. The Morgan fingerprint density at radius 3 is 2.49 bits per heavy atom. The number of nitriles is 1. The number of carboxylic acid groups (broad SMARTS) is 1. The molecule has 1 saturated heterocycles. The van der Waals surface area contributed by atoms with E-state index in [-0.39, 0.29) is 28.9 Å². The minimum Gasteiger partial charge on any atom is -0.477 e. The standard InChI is InChI=1S/C27H24F2N6O2/c1-15(2)25-24-19(17-3-6-23(31-14-17)34-9-7-16(13-30)8-10-34)12-22(27(36)37)32-26(24)35(33-25)18-4-5-20(28)21(29)11-18/h3-6,11-12,14-16H,7-10H2,1-2H3,(H,36,37). The third kappa shape index (κ3) is 4.48. The molecule has 4 heterocycles. The predicted octanol–water partition coefficient (Wildman–Crippen LogP) is 5.32. The van der Waals surface area contributed by atoms with Crippen molar-refractivity contribution in [2.75, 3.05) is 18.0 Å². The summed E-state index contributed by atoms with van der Waals surface area (Å²) in [5.74, 6) is -2.48. The number of fused-ring (bicyclic) bond motifs is 1. The lowest BCUT2D eigenvalue weighted by Crippen LogP contribution is -2.33. The van der Waals surface area contributed by atoms with Gasteiger partial charge in [0.05, 0.1) is 22.8 Å². The van der Waals surface area contributed by atoms with Crippen molar-refractivity contribution in [2.45, 2.75) is 32.6 Å². The Hall–Kier alpha value is -4.39. The predicted molar refractivity (Wildman–Crippen MR) is 134 cm³/mol. The van der Waals surface area contributed by atoms with Crippen molar-refractivity contribution in [1.82, 2.24) is 19.7 Å². The molecule has 10 heteroatoms. The van der Waals surface area contributed by atoms with Crippen molar-refractivity contribution in [2.24, 2.45) is 5.92 Å². The average Bonchev–Trinajstić information content (AvgIpc) is 3.30. The van der Waals surface area contributed by atoms with Gasteiger partial charge in [-0.25, -0.2) is 28.2 Å². The zero-order valence-electron chi connectivity index (χ0n) is 20.3. The number of carboxylic acids is 1. The van der Waals surface area contributed by atoms with Crippen LogP contribution in [0.1, 0.15) is 48.8 Å². The normalized spacial score (nSPS) is 14.3. The molecule has 8 nitrogen and oxygen atoms in total. The fourth-order valence-corrected chi connectivity index (χ4v) is 4.65. The first kappa shape index (κ1) is 24.3. The Balaban J connectivity index is 1.65. The molecule has 0 amide bonds. The molecule has 0 atom stereocenters. The summed E-state index contributed by atoms with van der Waals surface area (Å²) in [7, 11) is 0. The second-order valence-corrected chi connectivity index (χ2v) is 9.40. The number of hydrogen-bond acceptors (Lipinski definition) is 6. The van der Waals surface area contributed by atoms with Gasteiger partial charge in [0, 0.05) is 36.8 Å². The molecule has 1 N–H and O–H groups in total. The van der Waals surface area contributed by atoms with Crippen molar-refractivity contribution in [1.29, 1.82) is 5.26 Å².